The summed E-state index contributed by atoms with van der Waals surface area (Å²) in [6.07, 6.45) is 0. The summed E-state index contributed by atoms with van der Waals surface area (Å²) in [5, 5.41) is 6.17. The molecule has 72 valence electrons. The lowest BCUT2D eigenvalue weighted by atomic mass is 10.2. The fourth-order valence-corrected chi connectivity index (χ4v) is 0.860. The monoisotopic (exact) mass is 184 g/mol. The molecule has 1 atom stereocenters. The van der Waals surface area contributed by atoms with E-state index in [-0.39, 0.29) is 11.9 Å². The van der Waals surface area contributed by atoms with E-state index in [1.165, 1.54) is 0 Å². The number of nitrogens with one attached hydrogen (secondary N) is 1. The molecule has 0 fully saturated rings. The van der Waals surface area contributed by atoms with E-state index < -0.39 is 5.92 Å². The number of aromatic nitrogens is 3. The lowest BCUT2D eigenvalue weighted by molar-refractivity contribution is -0.144. The third-order valence-corrected chi connectivity index (χ3v) is 1.57. The molecule has 0 saturated heterocycles. The van der Waals surface area contributed by atoms with Gasteiger partial charge in [-0.25, -0.2) is 0 Å². The van der Waals surface area contributed by atoms with Crippen LogP contribution >= 0.6 is 0 Å². The summed E-state index contributed by atoms with van der Waals surface area (Å²) >= 11 is 0. The summed E-state index contributed by atoms with van der Waals surface area (Å²) in [5.41, 5.74) is 5.28. The van der Waals surface area contributed by atoms with Gasteiger partial charge in [0.05, 0.1) is 6.61 Å². The topological polar surface area (TPSA) is 93.9 Å². The Bertz CT molecular complexity index is 296. The van der Waals surface area contributed by atoms with Crippen LogP contribution in [0, 0.1) is 0 Å². The summed E-state index contributed by atoms with van der Waals surface area (Å²) in [6.45, 7) is 3.78. The minimum atomic E-state index is -0.454. The maximum absolute atomic E-state index is 11.2. The first-order chi connectivity index (χ1) is 6.15. The quantitative estimate of drug-likeness (QED) is 0.647. The molecule has 6 heteroatoms. The molecule has 0 saturated carbocycles. The smallest absolute Gasteiger partial charge is 0.316 e. The maximum Gasteiger partial charge on any atom is 0.316 e. The summed E-state index contributed by atoms with van der Waals surface area (Å²) < 4.78 is 4.80. The molecular weight excluding hydrogens is 172 g/mol. The van der Waals surface area contributed by atoms with Crippen molar-refractivity contribution in [2.24, 2.45) is 0 Å². The molecule has 0 aliphatic rings. The SMILES string of the molecule is CCOC(=O)C(C)c1nc(N)n[nH]1. The molecule has 1 unspecified atom stereocenters. The van der Waals surface area contributed by atoms with Crippen LogP contribution in [0.2, 0.25) is 0 Å². The second-order valence-electron chi connectivity index (χ2n) is 2.55. The Balaban J connectivity index is 2.67. The first kappa shape index (κ1) is 9.50. The van der Waals surface area contributed by atoms with Crippen molar-refractivity contribution in [1.29, 1.82) is 0 Å². The number of rotatable bonds is 3. The van der Waals surface area contributed by atoms with Crippen LogP contribution in [0.4, 0.5) is 5.95 Å². The van der Waals surface area contributed by atoms with Gasteiger partial charge in [0.15, 0.2) is 0 Å². The van der Waals surface area contributed by atoms with E-state index in [1.54, 1.807) is 13.8 Å². The Kier molecular flexibility index (Phi) is 2.84. The van der Waals surface area contributed by atoms with Crippen LogP contribution in [0.5, 0.6) is 0 Å². The van der Waals surface area contributed by atoms with Gasteiger partial charge in [-0.15, -0.1) is 5.10 Å². The highest BCUT2D eigenvalue weighted by molar-refractivity contribution is 5.76. The van der Waals surface area contributed by atoms with Gasteiger partial charge < -0.3 is 10.5 Å². The zero-order valence-electron chi connectivity index (χ0n) is 7.57. The highest BCUT2D eigenvalue weighted by atomic mass is 16.5. The Morgan fingerprint density at radius 2 is 2.46 bits per heavy atom. The summed E-state index contributed by atoms with van der Waals surface area (Å²) in [6, 6.07) is 0. The van der Waals surface area contributed by atoms with Crippen LogP contribution in [0.25, 0.3) is 0 Å². The second kappa shape index (κ2) is 3.88. The molecule has 0 amide bonds. The van der Waals surface area contributed by atoms with Gasteiger partial charge in [-0.2, -0.15) is 4.98 Å². The molecule has 1 aromatic heterocycles. The molecule has 0 spiro atoms. The van der Waals surface area contributed by atoms with E-state index in [9.17, 15) is 4.79 Å². The van der Waals surface area contributed by atoms with Gasteiger partial charge >= 0.3 is 5.97 Å². The first-order valence-corrected chi connectivity index (χ1v) is 3.99. The predicted octanol–water partition coefficient (Wildman–Crippen LogP) is 0.0535. The minimum Gasteiger partial charge on any atom is -0.465 e. The maximum atomic E-state index is 11.2. The van der Waals surface area contributed by atoms with E-state index in [4.69, 9.17) is 10.5 Å². The molecule has 1 aromatic rings. The Hall–Kier alpha value is -1.59. The summed E-state index contributed by atoms with van der Waals surface area (Å²) in [4.78, 5) is 15.0. The van der Waals surface area contributed by atoms with Crippen molar-refractivity contribution in [2.45, 2.75) is 19.8 Å². The third kappa shape index (κ3) is 2.17. The number of nitrogens with zero attached hydrogens (tertiary/aromatic N) is 2. The number of ether oxygens (including phenoxy) is 1. The molecule has 13 heavy (non-hydrogen) atoms. The largest absolute Gasteiger partial charge is 0.465 e. The van der Waals surface area contributed by atoms with Crippen molar-refractivity contribution in [3.05, 3.63) is 5.82 Å². The van der Waals surface area contributed by atoms with Crippen LogP contribution in [0.3, 0.4) is 0 Å². The highest BCUT2D eigenvalue weighted by Crippen LogP contribution is 2.11. The molecule has 0 bridgehead atoms. The molecule has 0 aromatic carbocycles. The van der Waals surface area contributed by atoms with E-state index in [2.05, 4.69) is 15.2 Å². The number of aromatic amines is 1. The lowest BCUT2D eigenvalue weighted by Gasteiger charge is -2.05. The van der Waals surface area contributed by atoms with E-state index in [0.717, 1.165) is 0 Å². The van der Waals surface area contributed by atoms with Crippen LogP contribution in [-0.2, 0) is 9.53 Å². The molecule has 0 aliphatic carbocycles. The average Bonchev–Trinajstić information content (AvgIpc) is 2.51. The zero-order valence-corrected chi connectivity index (χ0v) is 7.57. The molecule has 0 aliphatic heterocycles. The van der Waals surface area contributed by atoms with Crippen molar-refractivity contribution in [3.8, 4) is 0 Å². The molecule has 6 nitrogen and oxygen atoms in total. The van der Waals surface area contributed by atoms with Crippen LogP contribution in [-0.4, -0.2) is 27.8 Å². The predicted molar refractivity (Wildman–Crippen MR) is 45.8 cm³/mol. The van der Waals surface area contributed by atoms with Crippen molar-refractivity contribution < 1.29 is 9.53 Å². The molecule has 1 rings (SSSR count). The fourth-order valence-electron chi connectivity index (χ4n) is 0.860. The highest BCUT2D eigenvalue weighted by Gasteiger charge is 2.19. The molecule has 0 radical (unpaired) electrons. The van der Waals surface area contributed by atoms with Crippen LogP contribution in [0.1, 0.15) is 25.6 Å². The number of anilines is 1. The van der Waals surface area contributed by atoms with Gasteiger partial charge in [-0.05, 0) is 13.8 Å². The van der Waals surface area contributed by atoms with Gasteiger partial charge in [0, 0.05) is 0 Å². The van der Waals surface area contributed by atoms with Crippen molar-refractivity contribution in [3.63, 3.8) is 0 Å². The number of H-pyrrole nitrogens is 1. The number of hydrogen-bond donors (Lipinski definition) is 2. The van der Waals surface area contributed by atoms with Crippen LogP contribution in [0.15, 0.2) is 0 Å². The number of esters is 1. The summed E-state index contributed by atoms with van der Waals surface area (Å²) in [5.74, 6) is -0.231. The van der Waals surface area contributed by atoms with E-state index in [1.807, 2.05) is 0 Å². The number of carbonyl (C=O) groups excluding carboxylic acids is 1. The van der Waals surface area contributed by atoms with Gasteiger partial charge in [-0.3, -0.25) is 9.89 Å². The van der Waals surface area contributed by atoms with E-state index in [0.29, 0.717) is 12.4 Å². The van der Waals surface area contributed by atoms with Gasteiger partial charge in [0.1, 0.15) is 11.7 Å². The minimum absolute atomic E-state index is 0.131. The normalized spacial score (nSPS) is 12.5. The Morgan fingerprint density at radius 1 is 1.77 bits per heavy atom. The third-order valence-electron chi connectivity index (χ3n) is 1.57. The second-order valence-corrected chi connectivity index (χ2v) is 2.55. The van der Waals surface area contributed by atoms with Gasteiger partial charge in [-0.1, -0.05) is 0 Å². The van der Waals surface area contributed by atoms with Gasteiger partial charge in [0.25, 0.3) is 0 Å². The standard InChI is InChI=1S/C7H12N4O2/c1-3-13-6(12)4(2)5-9-7(8)11-10-5/h4H,3H2,1-2H3,(H3,8,9,10,11). The lowest BCUT2D eigenvalue weighted by Crippen LogP contribution is -2.14. The summed E-state index contributed by atoms with van der Waals surface area (Å²) in [7, 11) is 0. The number of carbonyl (C=O) groups is 1. The zero-order chi connectivity index (χ0) is 9.84. The van der Waals surface area contributed by atoms with Crippen molar-refractivity contribution >= 4 is 11.9 Å². The Labute approximate surface area is 75.5 Å². The van der Waals surface area contributed by atoms with Crippen molar-refractivity contribution in [2.75, 3.05) is 12.3 Å². The average molecular weight is 184 g/mol. The van der Waals surface area contributed by atoms with Crippen molar-refractivity contribution in [1.82, 2.24) is 15.2 Å². The van der Waals surface area contributed by atoms with E-state index >= 15 is 0 Å². The number of hydrogen-bond acceptors (Lipinski definition) is 5. The fraction of sp³-hybridized carbons (Fsp3) is 0.571. The van der Waals surface area contributed by atoms with Gasteiger partial charge in [0.2, 0.25) is 5.95 Å². The number of nitrogens with two attached hydrogens (primary N) is 1. The molecule has 3 N–H and O–H groups in total. The molecular formula is C7H12N4O2. The Morgan fingerprint density at radius 3 is 2.92 bits per heavy atom. The molecule has 1 heterocycles. The van der Waals surface area contributed by atoms with Crippen LogP contribution < -0.4 is 5.73 Å². The first-order valence-electron chi connectivity index (χ1n) is 3.99. The number of nitrogen functional groups attached to an aromatic ring is 1.